The van der Waals surface area contributed by atoms with Gasteiger partial charge in [0.15, 0.2) is 0 Å². The van der Waals surface area contributed by atoms with Crippen molar-refractivity contribution in [3.8, 4) is 0 Å². The average Bonchev–Trinajstić information content (AvgIpc) is 3.47. The average molecular weight is 596 g/mol. The second kappa shape index (κ2) is 13.0. The minimum Gasteiger partial charge on any atom is -0.475 e. The monoisotopic (exact) mass is 596 g/mol. The first kappa shape index (κ1) is 33.0. The Hall–Kier alpha value is -4.22. The summed E-state index contributed by atoms with van der Waals surface area (Å²) < 4.78 is 65.2. The second-order valence-corrected chi connectivity index (χ2v) is 9.07. The molecule has 18 heteroatoms. The van der Waals surface area contributed by atoms with Crippen molar-refractivity contribution < 1.29 is 55.7 Å². The molecule has 41 heavy (non-hydrogen) atoms. The number of carbonyl (C=O) groups is 4. The Kier molecular flexibility index (Phi) is 10.4. The summed E-state index contributed by atoms with van der Waals surface area (Å²) in [6.07, 6.45) is -3.98. The molecule has 2 fully saturated rings. The predicted octanol–water partition coefficient (Wildman–Crippen LogP) is 1.92. The van der Waals surface area contributed by atoms with Gasteiger partial charge in [0.2, 0.25) is 11.8 Å². The predicted molar refractivity (Wildman–Crippen MR) is 127 cm³/mol. The third-order valence-corrected chi connectivity index (χ3v) is 6.01. The highest BCUT2D eigenvalue weighted by Gasteiger charge is 2.50. The molecular weight excluding hydrogens is 570 g/mol. The van der Waals surface area contributed by atoms with E-state index in [1.165, 1.54) is 0 Å². The van der Waals surface area contributed by atoms with Crippen molar-refractivity contribution in [1.82, 2.24) is 24.6 Å². The number of aromatic nitrogens is 3. The number of hydrogen-bond acceptors (Lipinski definition) is 7. The molecule has 226 valence electrons. The number of carboxylic acid groups (broad SMARTS) is 2. The van der Waals surface area contributed by atoms with Crippen LogP contribution >= 0.6 is 0 Å². The molecule has 4 rings (SSSR count). The molecule has 12 nitrogen and oxygen atoms in total. The number of anilines is 1. The number of alkyl halides is 6. The molecule has 4 heterocycles. The summed E-state index contributed by atoms with van der Waals surface area (Å²) in [6, 6.07) is 5.91. The van der Waals surface area contributed by atoms with Crippen molar-refractivity contribution in [1.29, 1.82) is 0 Å². The summed E-state index contributed by atoms with van der Waals surface area (Å²) in [6.45, 7) is 4.51. The Morgan fingerprint density at radius 1 is 1.02 bits per heavy atom. The molecule has 2 aliphatic rings. The first-order chi connectivity index (χ1) is 18.9. The van der Waals surface area contributed by atoms with Gasteiger partial charge in [-0.25, -0.2) is 9.59 Å². The van der Waals surface area contributed by atoms with Crippen LogP contribution in [0, 0.1) is 0 Å². The van der Waals surface area contributed by atoms with Crippen LogP contribution in [-0.2, 0) is 32.8 Å². The number of aryl methyl sites for hydroxylation is 1. The Labute approximate surface area is 228 Å². The molecule has 2 amide bonds. The maximum Gasteiger partial charge on any atom is 0.490 e. The zero-order valence-corrected chi connectivity index (χ0v) is 21.7. The topological polar surface area (TPSA) is 149 Å². The Balaban J connectivity index is 0.000000349. The van der Waals surface area contributed by atoms with E-state index in [9.17, 15) is 35.9 Å². The van der Waals surface area contributed by atoms with Gasteiger partial charge in [0.05, 0.1) is 29.7 Å². The van der Waals surface area contributed by atoms with E-state index in [2.05, 4.69) is 15.0 Å². The molecule has 0 bridgehead atoms. The van der Waals surface area contributed by atoms with Gasteiger partial charge in [0, 0.05) is 46.0 Å². The van der Waals surface area contributed by atoms with Crippen LogP contribution in [0.3, 0.4) is 0 Å². The molecule has 1 unspecified atom stereocenters. The summed E-state index contributed by atoms with van der Waals surface area (Å²) in [5.41, 5.74) is 1.43. The largest absolute Gasteiger partial charge is 0.490 e. The molecule has 0 aromatic carbocycles. The number of nitrogens with zero attached hydrogens (tertiary/aromatic N) is 6. The Morgan fingerprint density at radius 2 is 1.61 bits per heavy atom. The fourth-order valence-corrected chi connectivity index (χ4v) is 4.23. The number of pyridine rings is 1. The van der Waals surface area contributed by atoms with E-state index in [1.807, 2.05) is 31.4 Å². The van der Waals surface area contributed by atoms with Crippen LogP contribution in [0.5, 0.6) is 0 Å². The van der Waals surface area contributed by atoms with Crippen molar-refractivity contribution in [2.75, 3.05) is 31.1 Å². The first-order valence-corrected chi connectivity index (χ1v) is 11.7. The van der Waals surface area contributed by atoms with Gasteiger partial charge < -0.3 is 20.0 Å². The molecule has 2 aromatic heterocycles. The van der Waals surface area contributed by atoms with Gasteiger partial charge >= 0.3 is 24.3 Å². The smallest absolute Gasteiger partial charge is 0.475 e. The lowest BCUT2D eigenvalue weighted by molar-refractivity contribution is -0.193. The van der Waals surface area contributed by atoms with Gasteiger partial charge in [-0.1, -0.05) is 6.07 Å². The van der Waals surface area contributed by atoms with Gasteiger partial charge in [-0.3, -0.25) is 24.2 Å². The summed E-state index contributed by atoms with van der Waals surface area (Å²) in [4.78, 5) is 53.1. The van der Waals surface area contributed by atoms with Gasteiger partial charge in [0.25, 0.3) is 0 Å². The minimum absolute atomic E-state index is 0.0473. The number of likely N-dealkylation sites (tertiary alicyclic amines) is 1. The Bertz CT molecular complexity index is 1210. The Morgan fingerprint density at radius 3 is 2.05 bits per heavy atom. The van der Waals surface area contributed by atoms with Crippen molar-refractivity contribution in [3.05, 3.63) is 42.5 Å². The third-order valence-electron chi connectivity index (χ3n) is 6.01. The van der Waals surface area contributed by atoms with Crippen LogP contribution in [-0.4, -0.2) is 103 Å². The quantitative estimate of drug-likeness (QED) is 0.507. The van der Waals surface area contributed by atoms with Crippen LogP contribution in [0.2, 0.25) is 0 Å². The van der Waals surface area contributed by atoms with E-state index in [0.717, 1.165) is 37.4 Å². The SMILES string of the molecule is CC(=O)N1CC(=O)N(c2cnn(C)c2)CC12CCN(Cc1ccccn1)C2.O=C(O)C(F)(F)F.O=C(O)C(F)(F)F. The molecule has 0 aliphatic carbocycles. The molecule has 2 N–H and O–H groups in total. The minimum atomic E-state index is -5.08. The van der Waals surface area contributed by atoms with E-state index in [1.54, 1.807) is 33.8 Å². The van der Waals surface area contributed by atoms with Gasteiger partial charge in [-0.15, -0.1) is 0 Å². The fraction of sp³-hybridized carbons (Fsp3) is 0.478. The maximum absolute atomic E-state index is 12.7. The fourth-order valence-electron chi connectivity index (χ4n) is 4.23. The van der Waals surface area contributed by atoms with E-state index in [4.69, 9.17) is 19.8 Å². The van der Waals surface area contributed by atoms with E-state index < -0.39 is 24.3 Å². The molecule has 2 aromatic rings. The van der Waals surface area contributed by atoms with Gasteiger partial charge in [-0.2, -0.15) is 31.4 Å². The first-order valence-electron chi connectivity index (χ1n) is 11.7. The van der Waals surface area contributed by atoms with E-state index >= 15 is 0 Å². The third kappa shape index (κ3) is 9.16. The number of amides is 2. The molecule has 0 radical (unpaired) electrons. The lowest BCUT2D eigenvalue weighted by atomic mass is 9.92. The lowest BCUT2D eigenvalue weighted by Crippen LogP contribution is -2.66. The van der Waals surface area contributed by atoms with E-state index in [0.29, 0.717) is 6.54 Å². The van der Waals surface area contributed by atoms with Crippen molar-refractivity contribution in [2.45, 2.75) is 37.8 Å². The van der Waals surface area contributed by atoms with Gasteiger partial charge in [0.1, 0.15) is 6.54 Å². The number of aliphatic carboxylic acids is 2. The van der Waals surface area contributed by atoms with Crippen molar-refractivity contribution in [2.24, 2.45) is 7.05 Å². The molecule has 2 saturated heterocycles. The van der Waals surface area contributed by atoms with Crippen LogP contribution in [0.1, 0.15) is 19.0 Å². The number of carbonyl (C=O) groups excluding carboxylic acids is 2. The summed E-state index contributed by atoms with van der Waals surface area (Å²) in [5, 5.41) is 18.4. The highest BCUT2D eigenvalue weighted by molar-refractivity contribution is 5.98. The van der Waals surface area contributed by atoms with Crippen molar-refractivity contribution >= 4 is 29.4 Å². The maximum atomic E-state index is 12.7. The number of hydrogen-bond donors (Lipinski definition) is 2. The van der Waals surface area contributed by atoms with Crippen LogP contribution in [0.25, 0.3) is 0 Å². The highest BCUT2D eigenvalue weighted by Crippen LogP contribution is 2.35. The number of rotatable bonds is 3. The molecule has 1 spiro atoms. The van der Waals surface area contributed by atoms with E-state index in [-0.39, 0.29) is 23.9 Å². The summed E-state index contributed by atoms with van der Waals surface area (Å²) in [5.74, 6) is -5.62. The summed E-state index contributed by atoms with van der Waals surface area (Å²) in [7, 11) is 1.83. The zero-order valence-electron chi connectivity index (χ0n) is 21.7. The van der Waals surface area contributed by atoms with Crippen LogP contribution in [0.15, 0.2) is 36.8 Å². The standard InChI is InChI=1S/C19H24N6O2.2C2HF3O2/c1-15(26)25-12-18(27)24(17-9-21-22(2)11-17)14-19(25)6-8-23(13-19)10-16-5-3-4-7-20-16;2*3-2(4,5)1(6)7/h3-5,7,9,11H,6,8,10,12-14H2,1-2H3;2*(H,6,7). The molecule has 1 atom stereocenters. The molecule has 2 aliphatic heterocycles. The number of carboxylic acids is 2. The highest BCUT2D eigenvalue weighted by atomic mass is 19.4. The number of piperazine rings is 1. The van der Waals surface area contributed by atoms with Crippen LogP contribution in [0.4, 0.5) is 32.0 Å². The van der Waals surface area contributed by atoms with Crippen molar-refractivity contribution in [3.63, 3.8) is 0 Å². The molecule has 0 saturated carbocycles. The molecular formula is C23H26F6N6O6. The second-order valence-electron chi connectivity index (χ2n) is 9.07. The summed E-state index contributed by atoms with van der Waals surface area (Å²) >= 11 is 0. The number of halogens is 6. The van der Waals surface area contributed by atoms with Gasteiger partial charge in [-0.05, 0) is 18.6 Å². The lowest BCUT2D eigenvalue weighted by Gasteiger charge is -2.48. The normalized spacial score (nSPS) is 19.3. The van der Waals surface area contributed by atoms with Crippen LogP contribution < -0.4 is 4.90 Å². The zero-order chi connectivity index (χ0) is 31.2.